The van der Waals surface area contributed by atoms with E-state index in [2.05, 4.69) is 4.72 Å². The highest BCUT2D eigenvalue weighted by atomic mass is 35.5. The molecule has 1 unspecified atom stereocenters. The summed E-state index contributed by atoms with van der Waals surface area (Å²) in [6, 6.07) is 4.01. The topological polar surface area (TPSA) is 81.4 Å². The number of hydrogen-bond acceptors (Lipinski definition) is 4. The predicted octanol–water partition coefficient (Wildman–Crippen LogP) is 0.974. The maximum Gasteiger partial charge on any atom is 0.240 e. The van der Waals surface area contributed by atoms with Gasteiger partial charge >= 0.3 is 0 Å². The van der Waals surface area contributed by atoms with Gasteiger partial charge in [0.15, 0.2) is 0 Å². The molecule has 0 amide bonds. The lowest BCUT2D eigenvalue weighted by Gasteiger charge is -2.10. The molecule has 0 fully saturated rings. The number of sulfonamides is 1. The summed E-state index contributed by atoms with van der Waals surface area (Å²) >= 11 is 5.86. The summed E-state index contributed by atoms with van der Waals surface area (Å²) in [4.78, 5) is 0.0870. The molecule has 0 bridgehead atoms. The van der Waals surface area contributed by atoms with Crippen LogP contribution in [0.2, 0.25) is 5.02 Å². The summed E-state index contributed by atoms with van der Waals surface area (Å²) in [5.41, 5.74) is 5.48. The van der Waals surface area contributed by atoms with Crippen LogP contribution in [0.15, 0.2) is 23.1 Å². The molecule has 3 N–H and O–H groups in total. The van der Waals surface area contributed by atoms with Gasteiger partial charge in [-0.15, -0.1) is 0 Å². The Balaban J connectivity index is 2.96. The van der Waals surface area contributed by atoms with E-state index in [9.17, 15) is 8.42 Å². The molecule has 1 rings (SSSR count). The number of nitrogens with one attached hydrogen (secondary N) is 1. The van der Waals surface area contributed by atoms with Gasteiger partial charge in [-0.25, -0.2) is 13.1 Å². The summed E-state index contributed by atoms with van der Waals surface area (Å²) in [5, 5.41) is 0.246. The molecule has 5 nitrogen and oxygen atoms in total. The molecular formula is C10H15ClN2O3S. The van der Waals surface area contributed by atoms with Crippen LogP contribution in [-0.2, 0) is 10.0 Å². The molecule has 1 atom stereocenters. The van der Waals surface area contributed by atoms with E-state index in [0.717, 1.165) is 0 Å². The first kappa shape index (κ1) is 14.2. The van der Waals surface area contributed by atoms with Crippen molar-refractivity contribution in [2.45, 2.75) is 17.9 Å². The fourth-order valence-electron chi connectivity index (χ4n) is 1.14. The van der Waals surface area contributed by atoms with Crippen LogP contribution in [0.1, 0.15) is 6.92 Å². The molecule has 17 heavy (non-hydrogen) atoms. The van der Waals surface area contributed by atoms with Crippen molar-refractivity contribution in [2.75, 3.05) is 13.7 Å². The lowest BCUT2D eigenvalue weighted by molar-refractivity contribution is 0.414. The van der Waals surface area contributed by atoms with Crippen LogP contribution in [0, 0.1) is 0 Å². The fourth-order valence-corrected chi connectivity index (χ4v) is 2.63. The Kier molecular flexibility index (Phi) is 4.76. The average Bonchev–Trinajstić information content (AvgIpc) is 2.26. The van der Waals surface area contributed by atoms with Crippen molar-refractivity contribution in [3.8, 4) is 5.75 Å². The molecule has 0 heterocycles. The Labute approximate surface area is 106 Å². The third kappa shape index (κ3) is 3.85. The van der Waals surface area contributed by atoms with Crippen LogP contribution in [0.25, 0.3) is 0 Å². The molecule has 0 saturated heterocycles. The second-order valence-electron chi connectivity index (χ2n) is 3.63. The zero-order valence-electron chi connectivity index (χ0n) is 9.60. The van der Waals surface area contributed by atoms with E-state index in [1.807, 2.05) is 0 Å². The summed E-state index contributed by atoms with van der Waals surface area (Å²) in [6.45, 7) is 1.88. The van der Waals surface area contributed by atoms with Crippen molar-refractivity contribution >= 4 is 21.6 Å². The molecule has 1 aromatic rings. The van der Waals surface area contributed by atoms with Gasteiger partial charge in [0.1, 0.15) is 5.75 Å². The minimum absolute atomic E-state index is 0.0870. The molecule has 0 aliphatic rings. The highest BCUT2D eigenvalue weighted by molar-refractivity contribution is 7.89. The first-order chi connectivity index (χ1) is 7.86. The molecular weight excluding hydrogens is 264 g/mol. The van der Waals surface area contributed by atoms with Crippen LogP contribution >= 0.6 is 11.6 Å². The van der Waals surface area contributed by atoms with Crippen molar-refractivity contribution in [1.82, 2.24) is 4.72 Å². The highest BCUT2D eigenvalue weighted by Gasteiger charge is 2.15. The monoisotopic (exact) mass is 278 g/mol. The van der Waals surface area contributed by atoms with E-state index >= 15 is 0 Å². The van der Waals surface area contributed by atoms with Crippen molar-refractivity contribution in [3.63, 3.8) is 0 Å². The second kappa shape index (κ2) is 5.68. The molecule has 0 aliphatic heterocycles. The Hall–Kier alpha value is -0.820. The Morgan fingerprint density at radius 1 is 1.53 bits per heavy atom. The minimum atomic E-state index is -3.57. The van der Waals surface area contributed by atoms with E-state index in [-0.39, 0.29) is 22.5 Å². The van der Waals surface area contributed by atoms with E-state index in [1.165, 1.54) is 25.3 Å². The fraction of sp³-hybridized carbons (Fsp3) is 0.400. The van der Waals surface area contributed by atoms with Gasteiger partial charge in [-0.05, 0) is 25.1 Å². The largest absolute Gasteiger partial charge is 0.495 e. The smallest absolute Gasteiger partial charge is 0.240 e. The summed E-state index contributed by atoms with van der Waals surface area (Å²) in [7, 11) is -2.11. The standard InChI is InChI=1S/C10H15ClN2O3S/c1-7(12)6-13-17(14,15)8-3-4-10(16-2)9(11)5-8/h3-5,7,13H,6,12H2,1-2H3. The zero-order chi connectivity index (χ0) is 13.1. The Bertz CT molecular complexity index is 488. The molecule has 96 valence electrons. The van der Waals surface area contributed by atoms with E-state index in [4.69, 9.17) is 22.1 Å². The van der Waals surface area contributed by atoms with Crippen LogP contribution < -0.4 is 15.2 Å². The van der Waals surface area contributed by atoms with Crippen LogP contribution in [0.3, 0.4) is 0 Å². The van der Waals surface area contributed by atoms with Gasteiger partial charge in [0.2, 0.25) is 10.0 Å². The maximum absolute atomic E-state index is 11.8. The summed E-state index contributed by atoms with van der Waals surface area (Å²) in [6.07, 6.45) is 0. The van der Waals surface area contributed by atoms with Crippen LogP contribution in [0.5, 0.6) is 5.75 Å². The first-order valence-corrected chi connectivity index (χ1v) is 6.81. The minimum Gasteiger partial charge on any atom is -0.495 e. The van der Waals surface area contributed by atoms with Gasteiger partial charge in [0.05, 0.1) is 17.0 Å². The maximum atomic E-state index is 11.8. The number of nitrogens with two attached hydrogens (primary N) is 1. The van der Waals surface area contributed by atoms with E-state index in [1.54, 1.807) is 6.92 Å². The summed E-state index contributed by atoms with van der Waals surface area (Å²) in [5.74, 6) is 0.429. The highest BCUT2D eigenvalue weighted by Crippen LogP contribution is 2.26. The van der Waals surface area contributed by atoms with Gasteiger partial charge in [0.25, 0.3) is 0 Å². The van der Waals surface area contributed by atoms with Gasteiger partial charge in [-0.3, -0.25) is 0 Å². The molecule has 0 saturated carbocycles. The molecule has 0 spiro atoms. The lowest BCUT2D eigenvalue weighted by Crippen LogP contribution is -2.35. The van der Waals surface area contributed by atoms with E-state index in [0.29, 0.717) is 5.75 Å². The third-order valence-corrected chi connectivity index (χ3v) is 3.75. The molecule has 7 heteroatoms. The SMILES string of the molecule is COc1ccc(S(=O)(=O)NCC(C)N)cc1Cl. The molecule has 1 aromatic carbocycles. The van der Waals surface area contributed by atoms with Gasteiger partial charge in [0, 0.05) is 12.6 Å². The number of rotatable bonds is 5. The average molecular weight is 279 g/mol. The molecule has 0 aromatic heterocycles. The van der Waals surface area contributed by atoms with Crippen molar-refractivity contribution in [3.05, 3.63) is 23.2 Å². The Morgan fingerprint density at radius 2 is 2.18 bits per heavy atom. The molecule has 0 radical (unpaired) electrons. The van der Waals surface area contributed by atoms with Crippen molar-refractivity contribution in [1.29, 1.82) is 0 Å². The van der Waals surface area contributed by atoms with E-state index < -0.39 is 10.0 Å². The number of ether oxygens (including phenoxy) is 1. The van der Waals surface area contributed by atoms with Crippen molar-refractivity contribution < 1.29 is 13.2 Å². The predicted molar refractivity (Wildman–Crippen MR) is 66.8 cm³/mol. The number of halogens is 1. The molecule has 0 aliphatic carbocycles. The quantitative estimate of drug-likeness (QED) is 0.841. The third-order valence-electron chi connectivity index (χ3n) is 2.03. The van der Waals surface area contributed by atoms with Gasteiger partial charge < -0.3 is 10.5 Å². The first-order valence-electron chi connectivity index (χ1n) is 4.95. The van der Waals surface area contributed by atoms with Crippen molar-refractivity contribution in [2.24, 2.45) is 5.73 Å². The Morgan fingerprint density at radius 3 is 2.65 bits per heavy atom. The van der Waals surface area contributed by atoms with Gasteiger partial charge in [-0.1, -0.05) is 11.6 Å². The number of methoxy groups -OCH3 is 1. The van der Waals surface area contributed by atoms with Crippen LogP contribution in [0.4, 0.5) is 0 Å². The van der Waals surface area contributed by atoms with Crippen LogP contribution in [-0.4, -0.2) is 28.1 Å². The summed E-state index contributed by atoms with van der Waals surface area (Å²) < 4.78 is 31.0. The van der Waals surface area contributed by atoms with Gasteiger partial charge in [-0.2, -0.15) is 0 Å². The number of benzene rings is 1. The number of hydrogen-bond donors (Lipinski definition) is 2. The normalized spacial score (nSPS) is 13.4. The second-order valence-corrected chi connectivity index (χ2v) is 5.80. The lowest BCUT2D eigenvalue weighted by atomic mass is 10.3. The zero-order valence-corrected chi connectivity index (χ0v) is 11.2.